The summed E-state index contributed by atoms with van der Waals surface area (Å²) in [5.41, 5.74) is -0.122. The Morgan fingerprint density at radius 3 is 2.60 bits per heavy atom. The van der Waals surface area contributed by atoms with Crippen molar-refractivity contribution < 1.29 is 5.11 Å². The summed E-state index contributed by atoms with van der Waals surface area (Å²) in [6.45, 7) is 4.47. The largest absolute Gasteiger partial charge is 0.394 e. The normalized spacial score (nSPS) is 33.3. The second-order valence-corrected chi connectivity index (χ2v) is 5.03. The molecule has 1 aliphatic rings. The fraction of sp³-hybridized carbons (Fsp3) is 0.917. The highest BCUT2D eigenvalue weighted by Crippen LogP contribution is 2.32. The van der Waals surface area contributed by atoms with Gasteiger partial charge in [-0.3, -0.25) is 0 Å². The molecule has 3 nitrogen and oxygen atoms in total. The maximum atomic E-state index is 9.50. The van der Waals surface area contributed by atoms with E-state index < -0.39 is 0 Å². The predicted octanol–water partition coefficient (Wildman–Crippen LogP) is 1.82. The minimum atomic E-state index is -0.122. The van der Waals surface area contributed by atoms with E-state index in [2.05, 4.69) is 18.3 Å². The zero-order chi connectivity index (χ0) is 11.3. The molecule has 0 aromatic carbocycles. The van der Waals surface area contributed by atoms with Crippen molar-refractivity contribution in [2.45, 2.75) is 57.5 Å². The molecule has 0 aliphatic heterocycles. The molecule has 0 heterocycles. The molecule has 0 spiro atoms. The molecule has 0 bridgehead atoms. The van der Waals surface area contributed by atoms with Crippen LogP contribution in [0.15, 0.2) is 0 Å². The smallest absolute Gasteiger partial charge is 0.0638 e. The first-order valence-electron chi connectivity index (χ1n) is 5.87. The van der Waals surface area contributed by atoms with Crippen LogP contribution in [0.5, 0.6) is 0 Å². The van der Waals surface area contributed by atoms with E-state index in [1.54, 1.807) is 0 Å². The molecule has 1 unspecified atom stereocenters. The van der Waals surface area contributed by atoms with Crippen LogP contribution in [0, 0.1) is 17.2 Å². The highest BCUT2D eigenvalue weighted by molar-refractivity contribution is 4.94. The van der Waals surface area contributed by atoms with Gasteiger partial charge in [0.1, 0.15) is 0 Å². The highest BCUT2D eigenvalue weighted by Gasteiger charge is 2.34. The first-order chi connectivity index (χ1) is 7.12. The molecule has 0 amide bonds. The van der Waals surface area contributed by atoms with Crippen molar-refractivity contribution in [1.29, 1.82) is 5.26 Å². The molecular weight excluding hydrogens is 188 g/mol. The van der Waals surface area contributed by atoms with Crippen molar-refractivity contribution in [2.75, 3.05) is 6.61 Å². The van der Waals surface area contributed by atoms with Crippen molar-refractivity contribution >= 4 is 0 Å². The lowest BCUT2D eigenvalue weighted by molar-refractivity contribution is 0.0965. The Morgan fingerprint density at radius 2 is 2.13 bits per heavy atom. The summed E-state index contributed by atoms with van der Waals surface area (Å²) in [5, 5.41) is 21.5. The van der Waals surface area contributed by atoms with Crippen LogP contribution >= 0.6 is 0 Å². The van der Waals surface area contributed by atoms with Crippen molar-refractivity contribution in [3.05, 3.63) is 0 Å². The van der Waals surface area contributed by atoms with Gasteiger partial charge in [0, 0.05) is 11.6 Å². The zero-order valence-electron chi connectivity index (χ0n) is 9.79. The average molecular weight is 210 g/mol. The molecule has 3 heteroatoms. The fourth-order valence-electron chi connectivity index (χ4n) is 2.37. The van der Waals surface area contributed by atoms with Crippen LogP contribution in [0.3, 0.4) is 0 Å². The van der Waals surface area contributed by atoms with E-state index in [9.17, 15) is 5.11 Å². The van der Waals surface area contributed by atoms with Crippen LogP contribution in [0.4, 0.5) is 0 Å². The number of aliphatic hydroxyl groups excluding tert-OH is 1. The lowest BCUT2D eigenvalue weighted by Gasteiger charge is -2.40. The molecule has 86 valence electrons. The Hall–Kier alpha value is -0.590. The monoisotopic (exact) mass is 210 g/mol. The standard InChI is InChI=1S/C12H22N2O/c1-10-3-6-12(9-15,7-4-10)14-11(2)5-8-13/h10-11,14-15H,3-7,9H2,1-2H3. The lowest BCUT2D eigenvalue weighted by Crippen LogP contribution is -2.54. The van der Waals surface area contributed by atoms with Crippen LogP contribution < -0.4 is 5.32 Å². The second-order valence-electron chi connectivity index (χ2n) is 5.03. The van der Waals surface area contributed by atoms with Crippen LogP contribution in [0.1, 0.15) is 46.0 Å². The maximum Gasteiger partial charge on any atom is 0.0638 e. The summed E-state index contributed by atoms with van der Waals surface area (Å²) in [4.78, 5) is 0. The first kappa shape index (κ1) is 12.5. The van der Waals surface area contributed by atoms with Gasteiger partial charge in [0.15, 0.2) is 0 Å². The Balaban J connectivity index is 2.50. The van der Waals surface area contributed by atoms with E-state index in [-0.39, 0.29) is 18.2 Å². The lowest BCUT2D eigenvalue weighted by atomic mass is 9.77. The van der Waals surface area contributed by atoms with Crippen molar-refractivity contribution in [3.63, 3.8) is 0 Å². The third kappa shape index (κ3) is 3.48. The highest BCUT2D eigenvalue weighted by atomic mass is 16.3. The van der Waals surface area contributed by atoms with E-state index in [1.807, 2.05) is 6.92 Å². The van der Waals surface area contributed by atoms with Gasteiger partial charge in [-0.15, -0.1) is 0 Å². The number of nitriles is 1. The Morgan fingerprint density at radius 1 is 1.53 bits per heavy atom. The van der Waals surface area contributed by atoms with E-state index >= 15 is 0 Å². The summed E-state index contributed by atoms with van der Waals surface area (Å²) in [6.07, 6.45) is 4.91. The Labute approximate surface area is 92.5 Å². The van der Waals surface area contributed by atoms with E-state index in [0.29, 0.717) is 6.42 Å². The summed E-state index contributed by atoms with van der Waals surface area (Å²) < 4.78 is 0. The van der Waals surface area contributed by atoms with E-state index in [1.165, 1.54) is 12.8 Å². The fourth-order valence-corrected chi connectivity index (χ4v) is 2.37. The van der Waals surface area contributed by atoms with Gasteiger partial charge in [0.05, 0.1) is 19.1 Å². The minimum Gasteiger partial charge on any atom is -0.394 e. The molecule has 0 aromatic rings. The molecular formula is C12H22N2O. The van der Waals surface area contributed by atoms with Crippen LogP contribution in [-0.2, 0) is 0 Å². The van der Waals surface area contributed by atoms with Gasteiger partial charge in [0.2, 0.25) is 0 Å². The molecule has 15 heavy (non-hydrogen) atoms. The van der Waals surface area contributed by atoms with Crippen LogP contribution in [0.25, 0.3) is 0 Å². The zero-order valence-corrected chi connectivity index (χ0v) is 9.79. The number of nitrogens with one attached hydrogen (secondary N) is 1. The predicted molar refractivity (Wildman–Crippen MR) is 60.3 cm³/mol. The van der Waals surface area contributed by atoms with Gasteiger partial charge in [-0.2, -0.15) is 5.26 Å². The molecule has 2 N–H and O–H groups in total. The number of hydrogen-bond acceptors (Lipinski definition) is 3. The number of aliphatic hydroxyl groups is 1. The van der Waals surface area contributed by atoms with Gasteiger partial charge >= 0.3 is 0 Å². The quantitative estimate of drug-likeness (QED) is 0.744. The number of hydrogen-bond donors (Lipinski definition) is 2. The SMILES string of the molecule is CC1CCC(CO)(NC(C)CC#N)CC1. The van der Waals surface area contributed by atoms with Gasteiger partial charge < -0.3 is 10.4 Å². The third-order valence-electron chi connectivity index (χ3n) is 3.48. The van der Waals surface area contributed by atoms with Crippen LogP contribution in [0.2, 0.25) is 0 Å². The maximum absolute atomic E-state index is 9.50. The third-order valence-corrected chi connectivity index (χ3v) is 3.48. The molecule has 1 fully saturated rings. The molecule has 0 radical (unpaired) electrons. The number of rotatable bonds is 4. The van der Waals surface area contributed by atoms with Crippen molar-refractivity contribution in [3.8, 4) is 6.07 Å². The Bertz CT molecular complexity index is 226. The summed E-state index contributed by atoms with van der Waals surface area (Å²) in [7, 11) is 0. The van der Waals surface area contributed by atoms with E-state index in [0.717, 1.165) is 18.8 Å². The van der Waals surface area contributed by atoms with Crippen LogP contribution in [-0.4, -0.2) is 23.3 Å². The molecule has 0 saturated heterocycles. The van der Waals surface area contributed by atoms with Gasteiger partial charge in [-0.05, 0) is 38.5 Å². The van der Waals surface area contributed by atoms with Crippen molar-refractivity contribution in [1.82, 2.24) is 5.32 Å². The first-order valence-corrected chi connectivity index (χ1v) is 5.87. The van der Waals surface area contributed by atoms with Gasteiger partial charge in [-0.1, -0.05) is 6.92 Å². The second kappa shape index (κ2) is 5.48. The summed E-state index contributed by atoms with van der Waals surface area (Å²) in [6, 6.07) is 2.34. The van der Waals surface area contributed by atoms with Gasteiger partial charge in [-0.25, -0.2) is 0 Å². The summed E-state index contributed by atoms with van der Waals surface area (Å²) >= 11 is 0. The topological polar surface area (TPSA) is 56.0 Å². The molecule has 1 atom stereocenters. The molecule has 0 aromatic heterocycles. The molecule has 1 rings (SSSR count). The average Bonchev–Trinajstić information content (AvgIpc) is 2.22. The van der Waals surface area contributed by atoms with Gasteiger partial charge in [0.25, 0.3) is 0 Å². The summed E-state index contributed by atoms with van der Waals surface area (Å²) in [5.74, 6) is 0.776. The van der Waals surface area contributed by atoms with E-state index in [4.69, 9.17) is 5.26 Å². The number of nitrogens with zero attached hydrogens (tertiary/aromatic N) is 1. The minimum absolute atomic E-state index is 0.122. The molecule has 1 aliphatic carbocycles. The molecule has 1 saturated carbocycles. The van der Waals surface area contributed by atoms with Crippen molar-refractivity contribution in [2.24, 2.45) is 5.92 Å². The Kier molecular flexibility index (Phi) is 4.56.